The average Bonchev–Trinajstić information content (AvgIpc) is 2.55. The molecule has 0 aliphatic rings. The number of esters is 2. The SMILES string of the molecule is C=C(C)C(=O)Oc1ccc(-c2ccc(OC(=O)C(=C)C)cc2Cl)cc1. The van der Waals surface area contributed by atoms with Gasteiger partial charge in [0.05, 0.1) is 5.02 Å². The van der Waals surface area contributed by atoms with Crippen molar-refractivity contribution in [2.75, 3.05) is 0 Å². The van der Waals surface area contributed by atoms with Gasteiger partial charge in [0.2, 0.25) is 0 Å². The Hall–Kier alpha value is -2.85. The molecule has 25 heavy (non-hydrogen) atoms. The number of carbonyl (C=O) groups excluding carboxylic acids is 2. The van der Waals surface area contributed by atoms with Gasteiger partial charge in [-0.15, -0.1) is 0 Å². The highest BCUT2D eigenvalue weighted by Gasteiger charge is 2.10. The smallest absolute Gasteiger partial charge is 0.338 e. The van der Waals surface area contributed by atoms with Crippen LogP contribution in [0.5, 0.6) is 11.5 Å². The van der Waals surface area contributed by atoms with Crippen molar-refractivity contribution in [3.05, 3.63) is 71.8 Å². The zero-order valence-corrected chi connectivity index (χ0v) is 14.7. The summed E-state index contributed by atoms with van der Waals surface area (Å²) in [6, 6.07) is 11.9. The molecule has 0 aliphatic carbocycles. The van der Waals surface area contributed by atoms with E-state index in [4.69, 9.17) is 21.1 Å². The zero-order valence-electron chi connectivity index (χ0n) is 14.0. The Labute approximate surface area is 151 Å². The van der Waals surface area contributed by atoms with Crippen molar-refractivity contribution >= 4 is 23.5 Å². The average molecular weight is 357 g/mol. The monoisotopic (exact) mass is 356 g/mol. The molecule has 0 N–H and O–H groups in total. The molecule has 128 valence electrons. The fraction of sp³-hybridized carbons (Fsp3) is 0.100. The van der Waals surface area contributed by atoms with Gasteiger partial charge < -0.3 is 9.47 Å². The molecular formula is C20H17ClO4. The minimum Gasteiger partial charge on any atom is -0.423 e. The summed E-state index contributed by atoms with van der Waals surface area (Å²) in [6.07, 6.45) is 0. The van der Waals surface area contributed by atoms with E-state index in [1.54, 1.807) is 56.3 Å². The molecule has 0 bridgehead atoms. The summed E-state index contributed by atoms with van der Waals surface area (Å²) in [4.78, 5) is 23.0. The quantitative estimate of drug-likeness (QED) is 0.431. The van der Waals surface area contributed by atoms with E-state index in [-0.39, 0.29) is 0 Å². The Bertz CT molecular complexity index is 850. The van der Waals surface area contributed by atoms with Gasteiger partial charge in [-0.05, 0) is 43.7 Å². The Morgan fingerprint density at radius 1 is 0.840 bits per heavy atom. The molecule has 2 aromatic carbocycles. The van der Waals surface area contributed by atoms with Crippen molar-refractivity contribution in [2.45, 2.75) is 13.8 Å². The van der Waals surface area contributed by atoms with Crippen LogP contribution < -0.4 is 9.47 Å². The van der Waals surface area contributed by atoms with E-state index in [2.05, 4.69) is 13.2 Å². The molecule has 2 rings (SSSR count). The Kier molecular flexibility index (Phi) is 5.78. The van der Waals surface area contributed by atoms with Crippen LogP contribution in [0.1, 0.15) is 13.8 Å². The molecule has 0 amide bonds. The lowest BCUT2D eigenvalue weighted by atomic mass is 10.1. The van der Waals surface area contributed by atoms with E-state index < -0.39 is 11.9 Å². The highest BCUT2D eigenvalue weighted by molar-refractivity contribution is 6.33. The number of rotatable bonds is 5. The van der Waals surface area contributed by atoms with Crippen molar-refractivity contribution in [1.82, 2.24) is 0 Å². The van der Waals surface area contributed by atoms with Crippen molar-refractivity contribution < 1.29 is 19.1 Å². The Morgan fingerprint density at radius 3 is 1.80 bits per heavy atom. The normalized spacial score (nSPS) is 10.0. The van der Waals surface area contributed by atoms with E-state index in [0.717, 1.165) is 11.1 Å². The second-order valence-electron chi connectivity index (χ2n) is 5.51. The molecule has 0 atom stereocenters. The second kappa shape index (κ2) is 7.81. The lowest BCUT2D eigenvalue weighted by molar-refractivity contribution is -0.130. The van der Waals surface area contributed by atoms with Crippen LogP contribution in [-0.2, 0) is 9.59 Å². The van der Waals surface area contributed by atoms with Crippen LogP contribution in [0.3, 0.4) is 0 Å². The molecule has 0 unspecified atom stereocenters. The summed E-state index contributed by atoms with van der Waals surface area (Å²) >= 11 is 6.28. The summed E-state index contributed by atoms with van der Waals surface area (Å²) in [5, 5.41) is 0.429. The molecule has 0 aliphatic heterocycles. The van der Waals surface area contributed by atoms with E-state index in [1.807, 2.05) is 0 Å². The fourth-order valence-electron chi connectivity index (χ4n) is 1.88. The van der Waals surface area contributed by atoms with E-state index >= 15 is 0 Å². The molecule has 0 fully saturated rings. The fourth-order valence-corrected chi connectivity index (χ4v) is 2.16. The number of ether oxygens (including phenoxy) is 2. The zero-order chi connectivity index (χ0) is 18.6. The van der Waals surface area contributed by atoms with E-state index in [1.165, 1.54) is 0 Å². The largest absolute Gasteiger partial charge is 0.423 e. The topological polar surface area (TPSA) is 52.6 Å². The summed E-state index contributed by atoms with van der Waals surface area (Å²) in [5.74, 6) is -0.226. The highest BCUT2D eigenvalue weighted by atomic mass is 35.5. The van der Waals surface area contributed by atoms with Gasteiger partial charge in [0.25, 0.3) is 0 Å². The first-order valence-electron chi connectivity index (χ1n) is 7.43. The molecule has 4 nitrogen and oxygen atoms in total. The second-order valence-corrected chi connectivity index (χ2v) is 5.91. The first kappa shape index (κ1) is 18.5. The van der Waals surface area contributed by atoms with Crippen LogP contribution in [-0.4, -0.2) is 11.9 Å². The summed E-state index contributed by atoms with van der Waals surface area (Å²) < 4.78 is 10.3. The van der Waals surface area contributed by atoms with Gasteiger partial charge in [0.15, 0.2) is 0 Å². The maximum Gasteiger partial charge on any atom is 0.338 e. The van der Waals surface area contributed by atoms with Gasteiger partial charge >= 0.3 is 11.9 Å². The molecule has 2 aromatic rings. The third-order valence-electron chi connectivity index (χ3n) is 3.22. The van der Waals surface area contributed by atoms with Gasteiger partial charge in [-0.25, -0.2) is 9.59 Å². The number of carbonyl (C=O) groups is 2. The maximum absolute atomic E-state index is 11.5. The third-order valence-corrected chi connectivity index (χ3v) is 3.54. The van der Waals surface area contributed by atoms with Crippen LogP contribution in [0.25, 0.3) is 11.1 Å². The number of halogens is 1. The Balaban J connectivity index is 2.18. The number of hydrogen-bond acceptors (Lipinski definition) is 4. The van der Waals surface area contributed by atoms with Crippen LogP contribution in [0, 0.1) is 0 Å². The molecule has 0 aromatic heterocycles. The van der Waals surface area contributed by atoms with Gasteiger partial charge in [0, 0.05) is 22.8 Å². The molecule has 0 saturated carbocycles. The van der Waals surface area contributed by atoms with Crippen LogP contribution in [0.4, 0.5) is 0 Å². The minimum atomic E-state index is -0.507. The molecule has 0 heterocycles. The number of hydrogen-bond donors (Lipinski definition) is 0. The van der Waals surface area contributed by atoms with Gasteiger partial charge in [-0.2, -0.15) is 0 Å². The molecule has 0 saturated heterocycles. The highest BCUT2D eigenvalue weighted by Crippen LogP contribution is 2.32. The van der Waals surface area contributed by atoms with Crippen LogP contribution in [0.2, 0.25) is 5.02 Å². The molecule has 0 spiro atoms. The molecule has 5 heteroatoms. The van der Waals surface area contributed by atoms with E-state index in [0.29, 0.717) is 27.7 Å². The van der Waals surface area contributed by atoms with Gasteiger partial charge in [-0.3, -0.25) is 0 Å². The van der Waals surface area contributed by atoms with Crippen molar-refractivity contribution in [1.29, 1.82) is 0 Å². The van der Waals surface area contributed by atoms with Crippen LogP contribution >= 0.6 is 11.6 Å². The van der Waals surface area contributed by atoms with E-state index in [9.17, 15) is 9.59 Å². The molecular weight excluding hydrogens is 340 g/mol. The summed E-state index contributed by atoms with van der Waals surface area (Å²) in [6.45, 7) is 10.2. The lowest BCUT2D eigenvalue weighted by Crippen LogP contribution is -2.08. The predicted octanol–water partition coefficient (Wildman–Crippen LogP) is 4.97. The van der Waals surface area contributed by atoms with Crippen molar-refractivity contribution in [3.63, 3.8) is 0 Å². The predicted molar refractivity (Wildman–Crippen MR) is 97.8 cm³/mol. The standard InChI is InChI=1S/C20H17ClO4/c1-12(2)19(22)24-15-7-5-14(6-8-15)17-10-9-16(11-18(17)21)25-20(23)13(3)4/h5-11H,1,3H2,2,4H3. The van der Waals surface area contributed by atoms with Gasteiger partial charge in [0.1, 0.15) is 11.5 Å². The maximum atomic E-state index is 11.5. The summed E-state index contributed by atoms with van der Waals surface area (Å²) in [5.41, 5.74) is 2.22. The minimum absolute atomic E-state index is 0.306. The third kappa shape index (κ3) is 4.81. The lowest BCUT2D eigenvalue weighted by Gasteiger charge is -2.09. The van der Waals surface area contributed by atoms with Gasteiger partial charge in [-0.1, -0.05) is 36.9 Å². The Morgan fingerprint density at radius 2 is 1.32 bits per heavy atom. The summed E-state index contributed by atoms with van der Waals surface area (Å²) in [7, 11) is 0. The van der Waals surface area contributed by atoms with Crippen molar-refractivity contribution in [2.24, 2.45) is 0 Å². The van der Waals surface area contributed by atoms with Crippen LogP contribution in [0.15, 0.2) is 66.8 Å². The first-order chi connectivity index (χ1) is 11.8. The number of benzene rings is 2. The molecule has 0 radical (unpaired) electrons. The first-order valence-corrected chi connectivity index (χ1v) is 7.81. The van der Waals surface area contributed by atoms with Crippen molar-refractivity contribution in [3.8, 4) is 22.6 Å².